The van der Waals surface area contributed by atoms with E-state index in [0.29, 0.717) is 38.0 Å². The van der Waals surface area contributed by atoms with Crippen molar-refractivity contribution in [3.8, 4) is 0 Å². The van der Waals surface area contributed by atoms with E-state index in [4.69, 9.17) is 4.74 Å². The first-order valence-corrected chi connectivity index (χ1v) is 9.21. The summed E-state index contributed by atoms with van der Waals surface area (Å²) >= 11 is 0. The Labute approximate surface area is 155 Å². The Bertz CT molecular complexity index is 630. The Balaban J connectivity index is 2.01. The van der Waals surface area contributed by atoms with Crippen LogP contribution in [0.15, 0.2) is 12.4 Å². The van der Waals surface area contributed by atoms with Crippen molar-refractivity contribution < 1.29 is 19.4 Å². The second kappa shape index (κ2) is 8.68. The molecule has 2 rings (SSSR count). The lowest BCUT2D eigenvalue weighted by Crippen LogP contribution is -2.47. The van der Waals surface area contributed by atoms with Gasteiger partial charge in [-0.2, -0.15) is 0 Å². The molecule has 1 fully saturated rings. The van der Waals surface area contributed by atoms with Crippen LogP contribution >= 0.6 is 0 Å². The number of carbonyl (C=O) groups excluding carboxylic acids is 2. The minimum Gasteiger partial charge on any atom is -0.391 e. The predicted molar refractivity (Wildman–Crippen MR) is 98.9 cm³/mol. The summed E-state index contributed by atoms with van der Waals surface area (Å²) in [4.78, 5) is 30.0. The number of methoxy groups -OCH3 is 1. The summed E-state index contributed by atoms with van der Waals surface area (Å²) in [5.74, 6) is -0.159. The molecule has 0 aromatic carbocycles. The normalized spacial score (nSPS) is 23.2. The van der Waals surface area contributed by atoms with E-state index < -0.39 is 11.5 Å². The van der Waals surface area contributed by atoms with Gasteiger partial charge in [0.1, 0.15) is 0 Å². The fourth-order valence-electron chi connectivity index (χ4n) is 3.34. The van der Waals surface area contributed by atoms with Crippen molar-refractivity contribution in [1.29, 1.82) is 0 Å². The number of aliphatic hydroxyl groups is 1. The van der Waals surface area contributed by atoms with E-state index in [9.17, 15) is 14.7 Å². The smallest absolute Gasteiger partial charge is 0.255 e. The van der Waals surface area contributed by atoms with Gasteiger partial charge in [-0.3, -0.25) is 9.59 Å². The highest BCUT2D eigenvalue weighted by atomic mass is 16.5. The van der Waals surface area contributed by atoms with E-state index in [1.807, 2.05) is 20.8 Å². The molecule has 0 bridgehead atoms. The summed E-state index contributed by atoms with van der Waals surface area (Å²) in [6, 6.07) is -0.162. The van der Waals surface area contributed by atoms with Gasteiger partial charge in [-0.05, 0) is 38.7 Å². The molecule has 0 radical (unpaired) electrons. The number of nitrogens with zero attached hydrogens (tertiary/aromatic N) is 1. The highest BCUT2D eigenvalue weighted by Crippen LogP contribution is 2.23. The lowest BCUT2D eigenvalue weighted by atomic mass is 9.87. The maximum absolute atomic E-state index is 12.7. The minimum absolute atomic E-state index is 0.0692. The van der Waals surface area contributed by atoms with Crippen molar-refractivity contribution in [2.45, 2.75) is 52.2 Å². The third-order valence-corrected chi connectivity index (χ3v) is 5.33. The van der Waals surface area contributed by atoms with E-state index in [0.717, 1.165) is 5.56 Å². The molecule has 1 aliphatic heterocycles. The van der Waals surface area contributed by atoms with Crippen LogP contribution in [0.1, 0.15) is 49.0 Å². The lowest BCUT2D eigenvalue weighted by Gasteiger charge is -2.29. The van der Waals surface area contributed by atoms with Crippen LogP contribution in [0.2, 0.25) is 0 Å². The maximum atomic E-state index is 12.7. The zero-order valence-electron chi connectivity index (χ0n) is 16.2. The van der Waals surface area contributed by atoms with Gasteiger partial charge in [0, 0.05) is 38.6 Å². The van der Waals surface area contributed by atoms with Gasteiger partial charge >= 0.3 is 0 Å². The van der Waals surface area contributed by atoms with Crippen LogP contribution in [0.25, 0.3) is 0 Å². The van der Waals surface area contributed by atoms with Crippen molar-refractivity contribution >= 4 is 11.8 Å². The van der Waals surface area contributed by atoms with Crippen molar-refractivity contribution in [3.63, 3.8) is 0 Å². The summed E-state index contributed by atoms with van der Waals surface area (Å²) in [6.07, 6.45) is 4.53. The molecule has 3 N–H and O–H groups in total. The van der Waals surface area contributed by atoms with E-state index in [1.54, 1.807) is 24.4 Å². The molecule has 7 heteroatoms. The van der Waals surface area contributed by atoms with Crippen LogP contribution in [0.3, 0.4) is 0 Å². The van der Waals surface area contributed by atoms with Crippen molar-refractivity contribution in [2.75, 3.05) is 26.8 Å². The second-order valence-corrected chi connectivity index (χ2v) is 7.50. The first-order valence-electron chi connectivity index (χ1n) is 9.21. The molecule has 146 valence electrons. The Morgan fingerprint density at radius 1 is 1.46 bits per heavy atom. The first kappa shape index (κ1) is 20.5. The number of hydrogen-bond donors (Lipinski definition) is 3. The number of aryl methyl sites for hydroxylation is 1. The van der Waals surface area contributed by atoms with Crippen LogP contribution in [0.5, 0.6) is 0 Å². The molecule has 2 heterocycles. The Kier molecular flexibility index (Phi) is 6.83. The molecule has 2 amide bonds. The molecule has 26 heavy (non-hydrogen) atoms. The molecule has 0 aliphatic carbocycles. The monoisotopic (exact) mass is 365 g/mol. The highest BCUT2D eigenvalue weighted by molar-refractivity contribution is 5.95. The molecule has 1 unspecified atom stereocenters. The third-order valence-electron chi connectivity index (χ3n) is 5.33. The number of β-amino-alcohol motifs (C(OH)–C–C–N with tert-alkyl or cyclic N) is 1. The molecule has 0 spiro atoms. The molecule has 0 saturated carbocycles. The van der Waals surface area contributed by atoms with E-state index in [1.165, 1.54) is 0 Å². The van der Waals surface area contributed by atoms with Crippen LogP contribution < -0.4 is 5.32 Å². The van der Waals surface area contributed by atoms with Gasteiger partial charge < -0.3 is 25.0 Å². The van der Waals surface area contributed by atoms with Gasteiger partial charge in [0.15, 0.2) is 0 Å². The Morgan fingerprint density at radius 3 is 2.77 bits per heavy atom. The number of aromatic nitrogens is 1. The van der Waals surface area contributed by atoms with Gasteiger partial charge in [-0.15, -0.1) is 0 Å². The SMILES string of the molecule is CCC(C)(COC)C(=O)N[C@@H]1CCN(C(=O)c2c[nH]cc2C)C[C@H](O)C1. The number of nitrogens with one attached hydrogen (secondary N) is 2. The standard InChI is InChI=1S/C19H31N3O4/c1-5-19(3,12-26-4)18(25)21-14-6-7-22(11-15(23)8-14)17(24)16-10-20-9-13(16)2/h9-10,14-15,20,23H,5-8,11-12H2,1-4H3,(H,21,25)/t14-,15-,19?/m1/s1. The van der Waals surface area contributed by atoms with Crippen molar-refractivity contribution in [2.24, 2.45) is 5.41 Å². The van der Waals surface area contributed by atoms with Crippen molar-refractivity contribution in [1.82, 2.24) is 15.2 Å². The van der Waals surface area contributed by atoms with Crippen LogP contribution in [0, 0.1) is 12.3 Å². The number of aliphatic hydroxyl groups excluding tert-OH is 1. The Hall–Kier alpha value is -1.86. The molecule has 1 aromatic heterocycles. The lowest BCUT2D eigenvalue weighted by molar-refractivity contribution is -0.134. The van der Waals surface area contributed by atoms with Gasteiger partial charge in [-0.1, -0.05) is 6.92 Å². The molecule has 3 atom stereocenters. The fraction of sp³-hybridized carbons (Fsp3) is 0.684. The number of H-pyrrole nitrogens is 1. The minimum atomic E-state index is -0.665. The number of likely N-dealkylation sites (tertiary alicyclic amines) is 1. The Morgan fingerprint density at radius 2 is 2.19 bits per heavy atom. The van der Waals surface area contributed by atoms with E-state index >= 15 is 0 Å². The number of ether oxygens (including phenoxy) is 1. The molecule has 7 nitrogen and oxygen atoms in total. The van der Waals surface area contributed by atoms with Crippen LogP contribution in [-0.4, -0.2) is 65.8 Å². The van der Waals surface area contributed by atoms with Crippen LogP contribution in [0.4, 0.5) is 0 Å². The number of carbonyl (C=O) groups is 2. The molecular formula is C19H31N3O4. The zero-order valence-corrected chi connectivity index (χ0v) is 16.2. The van der Waals surface area contributed by atoms with Gasteiger partial charge in [0.05, 0.1) is 23.7 Å². The summed E-state index contributed by atoms with van der Waals surface area (Å²) < 4.78 is 5.19. The summed E-state index contributed by atoms with van der Waals surface area (Å²) in [7, 11) is 1.59. The summed E-state index contributed by atoms with van der Waals surface area (Å²) in [5.41, 5.74) is 0.916. The summed E-state index contributed by atoms with van der Waals surface area (Å²) in [5, 5.41) is 13.4. The van der Waals surface area contributed by atoms with E-state index in [-0.39, 0.29) is 24.4 Å². The summed E-state index contributed by atoms with van der Waals surface area (Å²) in [6.45, 7) is 6.84. The largest absolute Gasteiger partial charge is 0.391 e. The third kappa shape index (κ3) is 4.65. The number of amides is 2. The fourth-order valence-corrected chi connectivity index (χ4v) is 3.34. The van der Waals surface area contributed by atoms with Gasteiger partial charge in [0.25, 0.3) is 5.91 Å². The first-order chi connectivity index (χ1) is 12.3. The van der Waals surface area contributed by atoms with E-state index in [2.05, 4.69) is 10.3 Å². The quantitative estimate of drug-likeness (QED) is 0.711. The molecule has 1 saturated heterocycles. The van der Waals surface area contributed by atoms with Gasteiger partial charge in [0.2, 0.25) is 5.91 Å². The second-order valence-electron chi connectivity index (χ2n) is 7.50. The van der Waals surface area contributed by atoms with Crippen LogP contribution in [-0.2, 0) is 9.53 Å². The molecule has 1 aliphatic rings. The number of rotatable bonds is 6. The average molecular weight is 365 g/mol. The molecular weight excluding hydrogens is 334 g/mol. The predicted octanol–water partition coefficient (Wildman–Crippen LogP) is 1.47. The average Bonchev–Trinajstić information content (AvgIpc) is 2.94. The zero-order chi connectivity index (χ0) is 19.3. The maximum Gasteiger partial charge on any atom is 0.255 e. The topological polar surface area (TPSA) is 94.7 Å². The highest BCUT2D eigenvalue weighted by Gasteiger charge is 2.34. The van der Waals surface area contributed by atoms with Gasteiger partial charge in [-0.25, -0.2) is 0 Å². The number of hydrogen-bond acceptors (Lipinski definition) is 4. The van der Waals surface area contributed by atoms with Crippen molar-refractivity contribution in [3.05, 3.63) is 23.5 Å². The molecule has 1 aromatic rings. The number of aromatic amines is 1.